The number of ether oxygens (including phenoxy) is 2. The second kappa shape index (κ2) is 11.8. The van der Waals surface area contributed by atoms with Crippen LogP contribution in [0.2, 0.25) is 0 Å². The number of nitrogens with zero attached hydrogens (tertiary/aromatic N) is 3. The molecule has 1 amide bonds. The van der Waals surface area contributed by atoms with Gasteiger partial charge in [-0.15, -0.1) is 0 Å². The quantitative estimate of drug-likeness (QED) is 0.182. The summed E-state index contributed by atoms with van der Waals surface area (Å²) in [6.45, 7) is 6.95. The van der Waals surface area contributed by atoms with Crippen molar-refractivity contribution in [2.24, 2.45) is 0 Å². The fourth-order valence-corrected chi connectivity index (χ4v) is 4.58. The Kier molecular flexibility index (Phi) is 8.75. The highest BCUT2D eigenvalue weighted by Crippen LogP contribution is 2.30. The zero-order chi connectivity index (χ0) is 27.2. The number of amides is 1. The lowest BCUT2D eigenvalue weighted by atomic mass is 10.1. The summed E-state index contributed by atoms with van der Waals surface area (Å²) in [4.78, 5) is 29.0. The van der Waals surface area contributed by atoms with Crippen molar-refractivity contribution in [3.05, 3.63) is 64.7 Å². The molecule has 0 fully saturated rings. The lowest BCUT2D eigenvalue weighted by Crippen LogP contribution is -2.16. The molecule has 1 N–H and O–H groups in total. The molecule has 3 rings (SSSR count). The van der Waals surface area contributed by atoms with Crippen LogP contribution >= 0.6 is 11.5 Å². The molecule has 0 radical (unpaired) electrons. The Morgan fingerprint density at radius 3 is 2.49 bits per heavy atom. The molecule has 2 aromatic carbocycles. The van der Waals surface area contributed by atoms with Crippen LogP contribution in [0.4, 0.5) is 5.13 Å². The van der Waals surface area contributed by atoms with Crippen LogP contribution in [0.1, 0.15) is 42.3 Å². The fraction of sp³-hybridized carbons (Fsp3) is 0.240. The van der Waals surface area contributed by atoms with Crippen LogP contribution in [0.5, 0.6) is 11.5 Å². The molecule has 0 saturated heterocycles. The molecule has 3 aromatic rings. The summed E-state index contributed by atoms with van der Waals surface area (Å²) < 4.78 is 39.3. The third-order valence-electron chi connectivity index (χ3n) is 4.94. The van der Waals surface area contributed by atoms with E-state index in [4.69, 9.17) is 9.47 Å². The Hall–Kier alpha value is -4.08. The van der Waals surface area contributed by atoms with Gasteiger partial charge in [-0.05, 0) is 63.6 Å². The summed E-state index contributed by atoms with van der Waals surface area (Å²) in [5.74, 6) is -0.917. The minimum absolute atomic E-state index is 0.0567. The Morgan fingerprint density at radius 1 is 1.16 bits per heavy atom. The highest BCUT2D eigenvalue weighted by molar-refractivity contribution is 7.91. The van der Waals surface area contributed by atoms with E-state index in [1.165, 1.54) is 32.1 Å². The van der Waals surface area contributed by atoms with E-state index in [1.54, 1.807) is 37.3 Å². The first-order valence-corrected chi connectivity index (χ1v) is 13.4. The average molecular weight is 541 g/mol. The largest absolute Gasteiger partial charge is 0.490 e. The van der Waals surface area contributed by atoms with E-state index in [0.29, 0.717) is 22.7 Å². The minimum atomic E-state index is -3.70. The maximum absolute atomic E-state index is 12.6. The van der Waals surface area contributed by atoms with Gasteiger partial charge in [0.2, 0.25) is 15.0 Å². The predicted octanol–water partition coefficient (Wildman–Crippen LogP) is 4.19. The number of aromatic nitrogens is 2. The smallest absolute Gasteiger partial charge is 0.343 e. The van der Waals surface area contributed by atoms with E-state index in [0.717, 1.165) is 5.56 Å². The summed E-state index contributed by atoms with van der Waals surface area (Å²) in [5.41, 5.74) is 1.55. The van der Waals surface area contributed by atoms with E-state index in [1.807, 2.05) is 13.0 Å². The number of carbonyl (C=O) groups excluding carboxylic acids is 2. The van der Waals surface area contributed by atoms with Crippen molar-refractivity contribution in [1.82, 2.24) is 9.36 Å². The Balaban J connectivity index is 1.80. The number of sulfone groups is 1. The third kappa shape index (κ3) is 6.78. The number of anilines is 1. The number of hydrogen-bond donors (Lipinski definition) is 1. The third-order valence-corrected chi connectivity index (χ3v) is 7.62. The highest BCUT2D eigenvalue weighted by Gasteiger charge is 2.25. The predicted molar refractivity (Wildman–Crippen MR) is 138 cm³/mol. The molecule has 0 saturated carbocycles. The van der Waals surface area contributed by atoms with E-state index in [2.05, 4.69) is 14.7 Å². The first-order chi connectivity index (χ1) is 17.5. The van der Waals surface area contributed by atoms with Crippen molar-refractivity contribution in [3.63, 3.8) is 0 Å². The van der Waals surface area contributed by atoms with Crippen molar-refractivity contribution in [2.75, 3.05) is 11.9 Å². The standard InChI is InChI=1S/C25H24N4O6S2/c1-5-34-21-13-17(8-11-20(21)35-23(31)18-9-6-16(4)7-10-18)12-19(14-26)22(30)27-24-28-25(29-36-24)37(32,33)15(2)3/h6-13,15H,5H2,1-4H3,(H,27,28,29,30). The number of hydrogen-bond acceptors (Lipinski definition) is 10. The van der Waals surface area contributed by atoms with Crippen LogP contribution in [0.25, 0.3) is 6.08 Å². The maximum Gasteiger partial charge on any atom is 0.343 e. The number of nitrogens with one attached hydrogen (secondary N) is 1. The fourth-order valence-electron chi connectivity index (χ4n) is 2.88. The van der Waals surface area contributed by atoms with Crippen LogP contribution in [-0.4, -0.2) is 41.5 Å². The summed E-state index contributed by atoms with van der Waals surface area (Å²) in [7, 11) is -3.70. The number of benzene rings is 2. The van der Waals surface area contributed by atoms with Gasteiger partial charge >= 0.3 is 5.97 Å². The van der Waals surface area contributed by atoms with Gasteiger partial charge in [-0.2, -0.15) is 14.6 Å². The van der Waals surface area contributed by atoms with Gasteiger partial charge in [-0.3, -0.25) is 10.1 Å². The molecular formula is C25H24N4O6S2. The van der Waals surface area contributed by atoms with Crippen molar-refractivity contribution in [1.29, 1.82) is 5.26 Å². The van der Waals surface area contributed by atoms with Gasteiger partial charge in [-0.25, -0.2) is 13.2 Å². The second-order valence-electron chi connectivity index (χ2n) is 7.99. The summed E-state index contributed by atoms with van der Waals surface area (Å²) in [6, 6.07) is 13.3. The number of aryl methyl sites for hydroxylation is 1. The topological polar surface area (TPSA) is 148 Å². The summed E-state index contributed by atoms with van der Waals surface area (Å²) in [5, 5.41) is 10.8. The zero-order valence-corrected chi connectivity index (χ0v) is 22.1. The van der Waals surface area contributed by atoms with E-state index >= 15 is 0 Å². The van der Waals surface area contributed by atoms with Gasteiger partial charge in [0, 0.05) is 11.5 Å². The van der Waals surface area contributed by atoms with Crippen LogP contribution in [-0.2, 0) is 14.6 Å². The molecule has 0 aliphatic heterocycles. The first-order valence-electron chi connectivity index (χ1n) is 11.1. The summed E-state index contributed by atoms with van der Waals surface area (Å²) in [6.07, 6.45) is 1.32. The van der Waals surface area contributed by atoms with Crippen molar-refractivity contribution in [2.45, 2.75) is 38.1 Å². The monoisotopic (exact) mass is 540 g/mol. The van der Waals surface area contributed by atoms with E-state index in [9.17, 15) is 23.3 Å². The van der Waals surface area contributed by atoms with Crippen molar-refractivity contribution >= 4 is 44.5 Å². The molecule has 12 heteroatoms. The van der Waals surface area contributed by atoms with Gasteiger partial charge in [0.1, 0.15) is 11.6 Å². The Bertz CT molecular complexity index is 1490. The zero-order valence-electron chi connectivity index (χ0n) is 20.5. The van der Waals surface area contributed by atoms with Gasteiger partial charge < -0.3 is 9.47 Å². The molecule has 1 heterocycles. The Labute approximate surface area is 218 Å². The number of rotatable bonds is 9. The lowest BCUT2D eigenvalue weighted by molar-refractivity contribution is -0.112. The SMILES string of the molecule is CCOc1cc(C=C(C#N)C(=O)Nc2nc(S(=O)(=O)C(C)C)ns2)ccc1OC(=O)c1ccc(C)cc1. The molecule has 1 aromatic heterocycles. The van der Waals surface area contributed by atoms with Crippen LogP contribution in [0, 0.1) is 18.3 Å². The van der Waals surface area contributed by atoms with Gasteiger partial charge in [0.25, 0.3) is 11.1 Å². The number of nitriles is 1. The van der Waals surface area contributed by atoms with E-state index < -0.39 is 27.0 Å². The lowest BCUT2D eigenvalue weighted by Gasteiger charge is -2.12. The van der Waals surface area contributed by atoms with Crippen LogP contribution in [0.3, 0.4) is 0 Å². The molecule has 0 atom stereocenters. The Morgan fingerprint density at radius 2 is 1.86 bits per heavy atom. The van der Waals surface area contributed by atoms with E-state index in [-0.39, 0.29) is 34.0 Å². The molecule has 0 bridgehead atoms. The molecule has 0 aliphatic carbocycles. The first kappa shape index (κ1) is 27.5. The minimum Gasteiger partial charge on any atom is -0.490 e. The molecule has 10 nitrogen and oxygen atoms in total. The second-order valence-corrected chi connectivity index (χ2v) is 11.1. The average Bonchev–Trinajstić information content (AvgIpc) is 3.33. The normalized spacial score (nSPS) is 11.6. The molecule has 37 heavy (non-hydrogen) atoms. The van der Waals surface area contributed by atoms with Crippen LogP contribution in [0.15, 0.2) is 53.2 Å². The maximum atomic E-state index is 12.6. The molecular weight excluding hydrogens is 516 g/mol. The van der Waals surface area contributed by atoms with Gasteiger partial charge in [0.15, 0.2) is 11.5 Å². The number of carbonyl (C=O) groups is 2. The van der Waals surface area contributed by atoms with Crippen molar-refractivity contribution < 1.29 is 27.5 Å². The summed E-state index contributed by atoms with van der Waals surface area (Å²) >= 11 is 0.695. The van der Waals surface area contributed by atoms with Crippen LogP contribution < -0.4 is 14.8 Å². The molecule has 0 spiro atoms. The molecule has 192 valence electrons. The molecule has 0 unspecified atom stereocenters. The highest BCUT2D eigenvalue weighted by atomic mass is 32.2. The molecule has 0 aliphatic rings. The van der Waals surface area contributed by atoms with Crippen molar-refractivity contribution in [3.8, 4) is 17.6 Å². The number of esters is 1. The van der Waals surface area contributed by atoms with Gasteiger partial charge in [-0.1, -0.05) is 23.8 Å². The van der Waals surface area contributed by atoms with Gasteiger partial charge in [0.05, 0.1) is 17.4 Å².